The Morgan fingerprint density at radius 1 is 0.944 bits per heavy atom. The third kappa shape index (κ3) is 2.06. The third-order valence-corrected chi connectivity index (χ3v) is 2.57. The Bertz CT molecular complexity index is 629. The maximum Gasteiger partial charge on any atom is 0.108 e. The highest BCUT2D eigenvalue weighted by Gasteiger charge is 1.90. The molecule has 0 saturated carbocycles. The van der Waals surface area contributed by atoms with Gasteiger partial charge in [0.25, 0.3) is 0 Å². The van der Waals surface area contributed by atoms with E-state index in [1.165, 1.54) is 5.39 Å². The van der Waals surface area contributed by atoms with Gasteiger partial charge in [-0.1, -0.05) is 0 Å². The van der Waals surface area contributed by atoms with Gasteiger partial charge in [0.15, 0.2) is 0 Å². The van der Waals surface area contributed by atoms with E-state index in [1.54, 1.807) is 18.6 Å². The highest BCUT2D eigenvalue weighted by Crippen LogP contribution is 2.07. The largest absolute Gasteiger partial charge is 0.360 e. The van der Waals surface area contributed by atoms with Crippen molar-refractivity contribution < 1.29 is 0 Å². The zero-order valence-corrected chi connectivity index (χ0v) is 9.54. The van der Waals surface area contributed by atoms with E-state index in [1.807, 2.05) is 36.7 Å². The Labute approximate surface area is 103 Å². The molecule has 4 aromatic heterocycles. The number of hydrogen-bond donors (Lipinski definition) is 2. The summed E-state index contributed by atoms with van der Waals surface area (Å²) in [4.78, 5) is 11.1. The quantitative estimate of drug-likeness (QED) is 0.493. The van der Waals surface area contributed by atoms with E-state index >= 15 is 0 Å². The molecular weight excluding hydrogens is 226 g/mol. The Morgan fingerprint density at radius 2 is 1.94 bits per heavy atom. The van der Waals surface area contributed by atoms with Gasteiger partial charge in [0.1, 0.15) is 5.52 Å². The number of nitrogens with zero attached hydrogens (tertiary/aromatic N) is 3. The van der Waals surface area contributed by atoms with Gasteiger partial charge in [-0.3, -0.25) is 15.1 Å². The van der Waals surface area contributed by atoms with Gasteiger partial charge >= 0.3 is 0 Å². The first kappa shape index (κ1) is 10.5. The number of aromatic nitrogens is 5. The van der Waals surface area contributed by atoms with Crippen molar-refractivity contribution in [2.75, 3.05) is 0 Å². The number of hydrogen-bond acceptors (Lipinski definition) is 3. The van der Waals surface area contributed by atoms with Crippen LogP contribution < -0.4 is 0 Å². The number of H-pyrrole nitrogens is 2. The van der Waals surface area contributed by atoms with Crippen molar-refractivity contribution in [3.8, 4) is 0 Å². The number of pyridine rings is 2. The molecule has 0 aliphatic carbocycles. The Hall–Kier alpha value is -2.69. The van der Waals surface area contributed by atoms with Crippen LogP contribution in [0.15, 0.2) is 55.2 Å². The summed E-state index contributed by atoms with van der Waals surface area (Å²) in [5, 5.41) is 7.83. The van der Waals surface area contributed by atoms with Gasteiger partial charge in [0.2, 0.25) is 0 Å². The average Bonchev–Trinajstić information content (AvgIpc) is 3.08. The smallest absolute Gasteiger partial charge is 0.108 e. The number of aromatic amines is 2. The summed E-state index contributed by atoms with van der Waals surface area (Å²) in [7, 11) is 0. The highest BCUT2D eigenvalue weighted by atomic mass is 15.1. The summed E-state index contributed by atoms with van der Waals surface area (Å²) in [6.07, 6.45) is 8.96. The number of fused-ring (bicyclic) bond motifs is 2. The van der Waals surface area contributed by atoms with E-state index in [0.717, 1.165) is 16.6 Å². The van der Waals surface area contributed by atoms with Crippen LogP contribution in [0.5, 0.6) is 0 Å². The van der Waals surface area contributed by atoms with E-state index in [0.29, 0.717) is 0 Å². The summed E-state index contributed by atoms with van der Waals surface area (Å²) in [5.41, 5.74) is 2.99. The molecule has 88 valence electrons. The van der Waals surface area contributed by atoms with Crippen molar-refractivity contribution in [1.29, 1.82) is 0 Å². The van der Waals surface area contributed by atoms with E-state index in [4.69, 9.17) is 0 Å². The zero-order chi connectivity index (χ0) is 12.2. The monoisotopic (exact) mass is 237 g/mol. The van der Waals surface area contributed by atoms with Crippen molar-refractivity contribution >= 4 is 21.9 Å². The van der Waals surface area contributed by atoms with Gasteiger partial charge in [-0.25, -0.2) is 0 Å². The van der Waals surface area contributed by atoms with Crippen molar-refractivity contribution in [1.82, 2.24) is 25.1 Å². The van der Waals surface area contributed by atoms with Crippen LogP contribution in [0.1, 0.15) is 0 Å². The molecule has 0 bridgehead atoms. The fourth-order valence-electron chi connectivity index (χ4n) is 1.67. The van der Waals surface area contributed by atoms with E-state index in [-0.39, 0.29) is 0 Å². The first-order chi connectivity index (χ1) is 8.93. The molecule has 0 radical (unpaired) electrons. The molecule has 0 spiro atoms. The molecule has 0 unspecified atom stereocenters. The normalized spacial score (nSPS) is 10.2. The molecule has 0 amide bonds. The molecule has 4 heterocycles. The minimum absolute atomic E-state index is 0.914. The standard InChI is InChI=1S/C7H6N2.C6H5N3/c1-3-8-5-7-6(1)2-4-9-7;1-2-5-6(7-3-1)4-8-9-5/h1-5,9H;1-4H,(H,8,9). The average molecular weight is 237 g/mol. The lowest BCUT2D eigenvalue weighted by atomic mass is 10.3. The second-order valence-corrected chi connectivity index (χ2v) is 3.75. The van der Waals surface area contributed by atoms with E-state index < -0.39 is 0 Å². The van der Waals surface area contributed by atoms with Gasteiger partial charge in [-0.2, -0.15) is 5.10 Å². The lowest BCUT2D eigenvalue weighted by Crippen LogP contribution is -1.69. The zero-order valence-electron chi connectivity index (χ0n) is 9.54. The van der Waals surface area contributed by atoms with Crippen LogP contribution >= 0.6 is 0 Å². The van der Waals surface area contributed by atoms with Gasteiger partial charge in [-0.15, -0.1) is 0 Å². The maximum absolute atomic E-state index is 4.05. The van der Waals surface area contributed by atoms with Crippen LogP contribution in [0.3, 0.4) is 0 Å². The molecule has 0 aliphatic heterocycles. The van der Waals surface area contributed by atoms with Crippen molar-refractivity contribution in [3.05, 3.63) is 55.2 Å². The number of nitrogens with one attached hydrogen (secondary N) is 2. The highest BCUT2D eigenvalue weighted by molar-refractivity contribution is 5.77. The predicted molar refractivity (Wildman–Crippen MR) is 70.0 cm³/mol. The first-order valence-electron chi connectivity index (χ1n) is 5.55. The summed E-state index contributed by atoms with van der Waals surface area (Å²) in [5.74, 6) is 0. The molecule has 4 aromatic rings. The first-order valence-corrected chi connectivity index (χ1v) is 5.55. The molecule has 4 rings (SSSR count). The van der Waals surface area contributed by atoms with Crippen LogP contribution in [0.2, 0.25) is 0 Å². The lowest BCUT2D eigenvalue weighted by Gasteiger charge is -1.82. The summed E-state index contributed by atoms with van der Waals surface area (Å²) < 4.78 is 0. The Morgan fingerprint density at radius 3 is 2.83 bits per heavy atom. The molecular formula is C13H11N5. The van der Waals surface area contributed by atoms with Crippen molar-refractivity contribution in [3.63, 3.8) is 0 Å². The second kappa shape index (κ2) is 4.67. The van der Waals surface area contributed by atoms with Gasteiger partial charge < -0.3 is 4.98 Å². The lowest BCUT2D eigenvalue weighted by molar-refractivity contribution is 1.12. The SMILES string of the molecule is c1cc2cc[nH]c2cn1.c1cnc2cn[nH]c2c1. The van der Waals surface area contributed by atoms with Gasteiger partial charge in [0, 0.05) is 24.0 Å². The summed E-state index contributed by atoms with van der Waals surface area (Å²) in [6.45, 7) is 0. The molecule has 0 aromatic carbocycles. The molecule has 0 fully saturated rings. The van der Waals surface area contributed by atoms with Crippen LogP contribution in [0.4, 0.5) is 0 Å². The number of rotatable bonds is 0. The second-order valence-electron chi connectivity index (χ2n) is 3.75. The summed E-state index contributed by atoms with van der Waals surface area (Å²) in [6, 6.07) is 7.82. The fraction of sp³-hybridized carbons (Fsp3) is 0. The fourth-order valence-corrected chi connectivity index (χ4v) is 1.67. The van der Waals surface area contributed by atoms with E-state index in [2.05, 4.69) is 25.1 Å². The molecule has 5 nitrogen and oxygen atoms in total. The van der Waals surface area contributed by atoms with Crippen molar-refractivity contribution in [2.45, 2.75) is 0 Å². The molecule has 0 aliphatic rings. The van der Waals surface area contributed by atoms with Crippen LogP contribution in [0.25, 0.3) is 21.9 Å². The van der Waals surface area contributed by atoms with Gasteiger partial charge in [-0.05, 0) is 24.3 Å². The molecule has 0 atom stereocenters. The molecule has 0 saturated heterocycles. The minimum Gasteiger partial charge on any atom is -0.360 e. The van der Waals surface area contributed by atoms with E-state index in [9.17, 15) is 0 Å². The summed E-state index contributed by atoms with van der Waals surface area (Å²) >= 11 is 0. The molecule has 5 heteroatoms. The van der Waals surface area contributed by atoms with Crippen molar-refractivity contribution in [2.24, 2.45) is 0 Å². The minimum atomic E-state index is 0.914. The van der Waals surface area contributed by atoms with Crippen LogP contribution in [-0.4, -0.2) is 25.1 Å². The molecule has 2 N–H and O–H groups in total. The molecule has 18 heavy (non-hydrogen) atoms. The Kier molecular flexibility index (Phi) is 2.71. The third-order valence-electron chi connectivity index (χ3n) is 2.57. The van der Waals surface area contributed by atoms with Crippen LogP contribution in [0, 0.1) is 0 Å². The maximum atomic E-state index is 4.05. The topological polar surface area (TPSA) is 70.2 Å². The van der Waals surface area contributed by atoms with Crippen LogP contribution in [-0.2, 0) is 0 Å². The van der Waals surface area contributed by atoms with Gasteiger partial charge in [0.05, 0.1) is 23.4 Å². The predicted octanol–water partition coefficient (Wildman–Crippen LogP) is 2.52. The Balaban J connectivity index is 0.000000111.